The second kappa shape index (κ2) is 7.87. The number of nitrogens with one attached hydrogen (secondary N) is 2. The fraction of sp³-hybridized carbons (Fsp3) is 0.176. The fourth-order valence-electron chi connectivity index (χ4n) is 2.07. The minimum absolute atomic E-state index is 0.257. The van der Waals surface area contributed by atoms with Gasteiger partial charge in [0.05, 0.1) is 38.3 Å². The molecule has 2 rings (SSSR count). The summed E-state index contributed by atoms with van der Waals surface area (Å²) in [5, 5.41) is 5.28. The molecule has 2 N–H and O–H groups in total. The molecule has 2 aromatic carbocycles. The zero-order chi connectivity index (χ0) is 17.5. The Kier molecular flexibility index (Phi) is 5.62. The number of amides is 2. The Morgan fingerprint density at radius 1 is 0.875 bits per heavy atom. The van der Waals surface area contributed by atoms with Gasteiger partial charge in [0, 0.05) is 6.07 Å². The van der Waals surface area contributed by atoms with Gasteiger partial charge in [-0.05, 0) is 24.3 Å². The number of hydrogen-bond donors (Lipinski definition) is 2. The van der Waals surface area contributed by atoms with Crippen LogP contribution in [-0.4, -0.2) is 33.3 Å². The zero-order valence-electron chi connectivity index (χ0n) is 13.6. The molecule has 0 saturated carbocycles. The third-order valence-corrected chi connectivity index (χ3v) is 3.24. The molecule has 0 aliphatic heterocycles. The van der Waals surface area contributed by atoms with Crippen LogP contribution in [0.25, 0.3) is 0 Å². The molecule has 0 aromatic heterocycles. The van der Waals surface area contributed by atoms with Crippen molar-refractivity contribution in [1.82, 2.24) is 0 Å². The number of carbonyl (C=O) groups excluding carboxylic acids is 2. The van der Waals surface area contributed by atoms with Gasteiger partial charge in [-0.15, -0.1) is 0 Å². The lowest BCUT2D eigenvalue weighted by atomic mass is 10.2. The highest BCUT2D eigenvalue weighted by molar-refractivity contribution is 6.05. The first kappa shape index (κ1) is 17.1. The predicted octanol–water partition coefficient (Wildman–Crippen LogP) is 3.13. The second-order valence-electron chi connectivity index (χ2n) is 4.68. The highest BCUT2D eigenvalue weighted by Crippen LogP contribution is 2.29. The van der Waals surface area contributed by atoms with Gasteiger partial charge in [0.25, 0.3) is 0 Å². The van der Waals surface area contributed by atoms with Crippen LogP contribution in [0.15, 0.2) is 42.5 Å². The number of carbonyl (C=O) groups is 2. The third-order valence-electron chi connectivity index (χ3n) is 3.24. The summed E-state index contributed by atoms with van der Waals surface area (Å²) in [4.78, 5) is 24.0. The van der Waals surface area contributed by atoms with Gasteiger partial charge < -0.3 is 24.8 Å². The molecule has 0 aliphatic rings. The zero-order valence-corrected chi connectivity index (χ0v) is 13.6. The smallest absolute Gasteiger partial charge is 0.339 e. The quantitative estimate of drug-likeness (QED) is 0.823. The van der Waals surface area contributed by atoms with Crippen molar-refractivity contribution in [2.75, 3.05) is 32.0 Å². The topological polar surface area (TPSA) is 85.9 Å². The van der Waals surface area contributed by atoms with E-state index in [2.05, 4.69) is 10.6 Å². The summed E-state index contributed by atoms with van der Waals surface area (Å²) in [5.41, 5.74) is 1.03. The third kappa shape index (κ3) is 3.95. The van der Waals surface area contributed by atoms with Crippen molar-refractivity contribution in [3.63, 3.8) is 0 Å². The van der Waals surface area contributed by atoms with Crippen molar-refractivity contribution in [2.45, 2.75) is 0 Å². The Hall–Kier alpha value is -3.22. The van der Waals surface area contributed by atoms with Crippen molar-refractivity contribution >= 4 is 23.4 Å². The molecular weight excluding hydrogens is 312 g/mol. The first-order valence-electron chi connectivity index (χ1n) is 7.06. The molecule has 2 amide bonds. The molecule has 24 heavy (non-hydrogen) atoms. The summed E-state index contributed by atoms with van der Waals surface area (Å²) in [5.74, 6) is 0.512. The Labute approximate surface area is 139 Å². The number of benzene rings is 2. The largest absolute Gasteiger partial charge is 0.497 e. The Bertz CT molecular complexity index is 746. The molecule has 0 aliphatic carbocycles. The average molecular weight is 330 g/mol. The number of methoxy groups -OCH3 is 3. The number of ether oxygens (including phenoxy) is 3. The van der Waals surface area contributed by atoms with Crippen molar-refractivity contribution in [2.24, 2.45) is 0 Å². The van der Waals surface area contributed by atoms with Crippen LogP contribution < -0.4 is 20.1 Å². The van der Waals surface area contributed by atoms with Gasteiger partial charge in [-0.1, -0.05) is 12.1 Å². The van der Waals surface area contributed by atoms with Crippen LogP contribution in [0.2, 0.25) is 0 Å². The van der Waals surface area contributed by atoms with Crippen molar-refractivity contribution < 1.29 is 23.8 Å². The van der Waals surface area contributed by atoms with Crippen LogP contribution >= 0.6 is 0 Å². The Morgan fingerprint density at radius 3 is 2.25 bits per heavy atom. The molecule has 0 heterocycles. The number of hydrogen-bond acceptors (Lipinski definition) is 5. The van der Waals surface area contributed by atoms with E-state index in [0.717, 1.165) is 0 Å². The van der Waals surface area contributed by atoms with E-state index in [-0.39, 0.29) is 5.56 Å². The molecule has 7 nitrogen and oxygen atoms in total. The highest BCUT2D eigenvalue weighted by atomic mass is 16.5. The maximum atomic E-state index is 12.2. The minimum Gasteiger partial charge on any atom is -0.497 e. The molecule has 0 unspecified atom stereocenters. The first-order valence-corrected chi connectivity index (χ1v) is 7.06. The lowest BCUT2D eigenvalue weighted by Crippen LogP contribution is -2.21. The lowest BCUT2D eigenvalue weighted by molar-refractivity contribution is 0.0602. The SMILES string of the molecule is COC(=O)c1ccccc1NC(=O)Nc1cc(OC)ccc1OC. The summed E-state index contributed by atoms with van der Waals surface area (Å²) in [7, 11) is 4.30. The second-order valence-corrected chi connectivity index (χ2v) is 4.68. The Morgan fingerprint density at radius 2 is 1.58 bits per heavy atom. The molecule has 7 heteroatoms. The lowest BCUT2D eigenvalue weighted by Gasteiger charge is -2.13. The molecule has 0 bridgehead atoms. The molecule has 2 aromatic rings. The van der Waals surface area contributed by atoms with E-state index in [4.69, 9.17) is 14.2 Å². The van der Waals surface area contributed by atoms with Crippen LogP contribution in [0.5, 0.6) is 11.5 Å². The Balaban J connectivity index is 2.19. The van der Waals surface area contributed by atoms with Crippen LogP contribution in [-0.2, 0) is 4.74 Å². The van der Waals surface area contributed by atoms with Gasteiger partial charge in [-0.2, -0.15) is 0 Å². The van der Waals surface area contributed by atoms with E-state index in [1.54, 1.807) is 42.5 Å². The van der Waals surface area contributed by atoms with Gasteiger partial charge in [0.2, 0.25) is 0 Å². The normalized spacial score (nSPS) is 9.79. The number of para-hydroxylation sites is 1. The predicted molar refractivity (Wildman–Crippen MR) is 90.0 cm³/mol. The highest BCUT2D eigenvalue weighted by Gasteiger charge is 2.14. The van der Waals surface area contributed by atoms with Gasteiger partial charge in [-0.25, -0.2) is 9.59 Å². The number of esters is 1. The van der Waals surface area contributed by atoms with Gasteiger partial charge in [0.15, 0.2) is 0 Å². The fourth-order valence-corrected chi connectivity index (χ4v) is 2.07. The van der Waals surface area contributed by atoms with E-state index in [1.165, 1.54) is 21.3 Å². The average Bonchev–Trinajstić information content (AvgIpc) is 2.61. The van der Waals surface area contributed by atoms with Gasteiger partial charge in [0.1, 0.15) is 11.5 Å². The molecule has 126 valence electrons. The van der Waals surface area contributed by atoms with E-state index in [0.29, 0.717) is 22.9 Å². The van der Waals surface area contributed by atoms with Crippen LogP contribution in [0.1, 0.15) is 10.4 Å². The first-order chi connectivity index (χ1) is 11.6. The number of urea groups is 1. The summed E-state index contributed by atoms with van der Waals surface area (Å²) in [6.07, 6.45) is 0. The maximum absolute atomic E-state index is 12.2. The van der Waals surface area contributed by atoms with Crippen molar-refractivity contribution in [3.05, 3.63) is 48.0 Å². The van der Waals surface area contributed by atoms with E-state index in [9.17, 15) is 9.59 Å². The molecular formula is C17H18N2O5. The number of rotatable bonds is 5. The molecule has 0 radical (unpaired) electrons. The molecule has 0 spiro atoms. The molecule has 0 fully saturated rings. The van der Waals surface area contributed by atoms with Crippen molar-refractivity contribution in [3.8, 4) is 11.5 Å². The molecule has 0 atom stereocenters. The van der Waals surface area contributed by atoms with Crippen LogP contribution in [0.3, 0.4) is 0 Å². The standard InChI is InChI=1S/C17H18N2O5/c1-22-11-8-9-15(23-2)14(10-11)19-17(21)18-13-7-5-4-6-12(13)16(20)24-3/h4-10H,1-3H3,(H2,18,19,21). The molecule has 0 saturated heterocycles. The van der Waals surface area contributed by atoms with Crippen LogP contribution in [0, 0.1) is 0 Å². The summed E-state index contributed by atoms with van der Waals surface area (Å²) in [6.45, 7) is 0. The van der Waals surface area contributed by atoms with Crippen molar-refractivity contribution in [1.29, 1.82) is 0 Å². The number of anilines is 2. The summed E-state index contributed by atoms with van der Waals surface area (Å²) < 4.78 is 15.0. The monoisotopic (exact) mass is 330 g/mol. The van der Waals surface area contributed by atoms with Gasteiger partial charge >= 0.3 is 12.0 Å². The summed E-state index contributed by atoms with van der Waals surface area (Å²) >= 11 is 0. The summed E-state index contributed by atoms with van der Waals surface area (Å²) in [6, 6.07) is 11.0. The van der Waals surface area contributed by atoms with E-state index >= 15 is 0 Å². The van der Waals surface area contributed by atoms with Gasteiger partial charge in [-0.3, -0.25) is 0 Å². The van der Waals surface area contributed by atoms with Crippen LogP contribution in [0.4, 0.5) is 16.2 Å². The minimum atomic E-state index is -0.537. The van der Waals surface area contributed by atoms with E-state index in [1.807, 2.05) is 0 Å². The van der Waals surface area contributed by atoms with E-state index < -0.39 is 12.0 Å². The maximum Gasteiger partial charge on any atom is 0.339 e.